The van der Waals surface area contributed by atoms with E-state index in [1.54, 1.807) is 24.0 Å². The zero-order valence-electron chi connectivity index (χ0n) is 13.0. The van der Waals surface area contributed by atoms with Gasteiger partial charge in [0.1, 0.15) is 0 Å². The molecular weight excluding hydrogens is 338 g/mol. The lowest BCUT2D eigenvalue weighted by Crippen LogP contribution is -2.36. The molecule has 0 aromatic heterocycles. The molecule has 0 spiro atoms. The molecule has 8 heteroatoms. The Hall–Kier alpha value is -1.15. The van der Waals surface area contributed by atoms with Gasteiger partial charge in [-0.2, -0.15) is 0 Å². The number of rotatable bonds is 4. The van der Waals surface area contributed by atoms with Gasteiger partial charge in [-0.1, -0.05) is 13.0 Å². The number of fused-ring (bicyclic) bond motifs is 1. The second-order valence-corrected chi connectivity index (χ2v) is 7.49. The third kappa shape index (κ3) is 3.52. The highest BCUT2D eigenvalue weighted by molar-refractivity contribution is 7.89. The Bertz CT molecular complexity index is 687. The van der Waals surface area contributed by atoms with E-state index >= 15 is 0 Å². The molecule has 3 rings (SSSR count). The van der Waals surface area contributed by atoms with Gasteiger partial charge in [-0.3, -0.25) is 4.79 Å². The van der Waals surface area contributed by atoms with Gasteiger partial charge >= 0.3 is 0 Å². The van der Waals surface area contributed by atoms with E-state index in [4.69, 9.17) is 0 Å². The van der Waals surface area contributed by atoms with Crippen molar-refractivity contribution in [3.8, 4) is 0 Å². The number of carbonyl (C=O) groups is 1. The summed E-state index contributed by atoms with van der Waals surface area (Å²) >= 11 is 0. The summed E-state index contributed by atoms with van der Waals surface area (Å²) in [6, 6.07) is 5.06. The standard InChI is InChI=1S/C15H21N3O3S.ClH/c1-2-17-22(20,21)13-4-3-11-6-8-18(14(11)9-13)15(19)12-5-7-16-10-12;/h3-4,9,12,16-17H,2,5-8,10H2,1H3;1H. The number of nitrogens with one attached hydrogen (secondary N) is 2. The van der Waals surface area contributed by atoms with Crippen molar-refractivity contribution < 1.29 is 13.2 Å². The van der Waals surface area contributed by atoms with E-state index in [1.165, 1.54) is 0 Å². The molecule has 1 aromatic rings. The monoisotopic (exact) mass is 359 g/mol. The molecule has 23 heavy (non-hydrogen) atoms. The number of halogens is 1. The van der Waals surface area contributed by atoms with Crippen molar-refractivity contribution >= 4 is 34.0 Å². The molecule has 6 nitrogen and oxygen atoms in total. The highest BCUT2D eigenvalue weighted by atomic mass is 35.5. The molecule has 2 heterocycles. The molecule has 128 valence electrons. The van der Waals surface area contributed by atoms with Crippen molar-refractivity contribution in [2.24, 2.45) is 5.92 Å². The van der Waals surface area contributed by atoms with Crippen LogP contribution >= 0.6 is 12.4 Å². The molecule has 2 aliphatic heterocycles. The van der Waals surface area contributed by atoms with Crippen LogP contribution in [0.2, 0.25) is 0 Å². The fourth-order valence-corrected chi connectivity index (χ4v) is 4.17. The number of anilines is 1. The van der Waals surface area contributed by atoms with Crippen LogP contribution in [-0.4, -0.2) is 40.5 Å². The molecule has 0 bridgehead atoms. The van der Waals surface area contributed by atoms with E-state index in [2.05, 4.69) is 10.0 Å². The smallest absolute Gasteiger partial charge is 0.240 e. The Morgan fingerprint density at radius 3 is 2.87 bits per heavy atom. The second kappa shape index (κ2) is 7.17. The van der Waals surface area contributed by atoms with Gasteiger partial charge in [-0.15, -0.1) is 12.4 Å². The van der Waals surface area contributed by atoms with Crippen molar-refractivity contribution in [1.29, 1.82) is 0 Å². The summed E-state index contributed by atoms with van der Waals surface area (Å²) in [5.74, 6) is 0.0988. The van der Waals surface area contributed by atoms with Crippen LogP contribution in [0.25, 0.3) is 0 Å². The zero-order chi connectivity index (χ0) is 15.7. The van der Waals surface area contributed by atoms with Crippen LogP contribution in [0.1, 0.15) is 18.9 Å². The quantitative estimate of drug-likeness (QED) is 0.837. The summed E-state index contributed by atoms with van der Waals surface area (Å²) in [7, 11) is -3.50. The van der Waals surface area contributed by atoms with Crippen LogP contribution in [0.15, 0.2) is 23.1 Å². The summed E-state index contributed by atoms with van der Waals surface area (Å²) in [5.41, 5.74) is 1.78. The van der Waals surface area contributed by atoms with Crippen molar-refractivity contribution in [3.05, 3.63) is 23.8 Å². The van der Waals surface area contributed by atoms with Crippen LogP contribution in [0.4, 0.5) is 5.69 Å². The molecule has 1 amide bonds. The van der Waals surface area contributed by atoms with E-state index in [1.807, 2.05) is 6.07 Å². The maximum atomic E-state index is 12.6. The average Bonchev–Trinajstić information content (AvgIpc) is 3.15. The molecule has 2 N–H and O–H groups in total. The molecule has 1 aromatic carbocycles. The Morgan fingerprint density at radius 1 is 1.43 bits per heavy atom. The van der Waals surface area contributed by atoms with E-state index in [0.717, 1.165) is 30.6 Å². The minimum absolute atomic E-state index is 0. The highest BCUT2D eigenvalue weighted by Crippen LogP contribution is 2.32. The highest BCUT2D eigenvalue weighted by Gasteiger charge is 2.32. The van der Waals surface area contributed by atoms with E-state index in [-0.39, 0.29) is 29.1 Å². The number of hydrogen-bond acceptors (Lipinski definition) is 4. The Labute approximate surface area is 143 Å². The normalized spacial score (nSPS) is 20.2. The summed E-state index contributed by atoms with van der Waals surface area (Å²) in [4.78, 5) is 14.6. The lowest BCUT2D eigenvalue weighted by Gasteiger charge is -2.21. The van der Waals surface area contributed by atoms with Gasteiger partial charge in [-0.25, -0.2) is 13.1 Å². The first-order valence-corrected chi connectivity index (χ1v) is 9.16. The first kappa shape index (κ1) is 18.2. The molecule has 1 atom stereocenters. The first-order chi connectivity index (χ1) is 10.5. The fourth-order valence-electron chi connectivity index (χ4n) is 3.11. The number of benzene rings is 1. The van der Waals surface area contributed by atoms with E-state index in [9.17, 15) is 13.2 Å². The number of hydrogen-bond donors (Lipinski definition) is 2. The predicted octanol–water partition coefficient (Wildman–Crippen LogP) is 0.905. The average molecular weight is 360 g/mol. The number of amides is 1. The van der Waals surface area contributed by atoms with Crippen LogP contribution < -0.4 is 14.9 Å². The largest absolute Gasteiger partial charge is 0.316 e. The molecule has 1 saturated heterocycles. The number of carbonyl (C=O) groups excluding carboxylic acids is 1. The third-order valence-electron chi connectivity index (χ3n) is 4.27. The van der Waals surface area contributed by atoms with E-state index < -0.39 is 10.0 Å². The molecule has 0 aliphatic carbocycles. The molecular formula is C15H22ClN3O3S. The lowest BCUT2D eigenvalue weighted by molar-refractivity contribution is -0.121. The van der Waals surface area contributed by atoms with Gasteiger partial charge in [-0.05, 0) is 37.1 Å². The SMILES string of the molecule is CCNS(=O)(=O)c1ccc2c(c1)N(C(=O)C1CCNC1)CC2.Cl. The Balaban J connectivity index is 0.00000192. The maximum Gasteiger partial charge on any atom is 0.240 e. The minimum Gasteiger partial charge on any atom is -0.316 e. The van der Waals surface area contributed by atoms with Crippen LogP contribution in [0, 0.1) is 5.92 Å². The van der Waals surface area contributed by atoms with Crippen molar-refractivity contribution in [2.45, 2.75) is 24.7 Å². The van der Waals surface area contributed by atoms with Crippen LogP contribution in [0.5, 0.6) is 0 Å². The molecule has 1 fully saturated rings. The molecule has 1 unspecified atom stereocenters. The topological polar surface area (TPSA) is 78.5 Å². The van der Waals surface area contributed by atoms with Crippen LogP contribution in [-0.2, 0) is 21.2 Å². The summed E-state index contributed by atoms with van der Waals surface area (Å²) < 4.78 is 26.8. The van der Waals surface area contributed by atoms with E-state index in [0.29, 0.717) is 19.6 Å². The van der Waals surface area contributed by atoms with Crippen molar-refractivity contribution in [3.63, 3.8) is 0 Å². The third-order valence-corrected chi connectivity index (χ3v) is 5.82. The summed E-state index contributed by atoms with van der Waals surface area (Å²) in [6.45, 7) is 4.30. The van der Waals surface area contributed by atoms with Gasteiger partial charge in [0.15, 0.2) is 0 Å². The van der Waals surface area contributed by atoms with Gasteiger partial charge in [0.25, 0.3) is 0 Å². The van der Waals surface area contributed by atoms with Gasteiger partial charge in [0.2, 0.25) is 15.9 Å². The molecule has 2 aliphatic rings. The van der Waals surface area contributed by atoms with Crippen LogP contribution in [0.3, 0.4) is 0 Å². The van der Waals surface area contributed by atoms with Gasteiger partial charge in [0.05, 0.1) is 10.8 Å². The maximum absolute atomic E-state index is 12.6. The Morgan fingerprint density at radius 2 is 2.22 bits per heavy atom. The summed E-state index contributed by atoms with van der Waals surface area (Å²) in [6.07, 6.45) is 1.63. The summed E-state index contributed by atoms with van der Waals surface area (Å²) in [5, 5.41) is 3.20. The molecule has 0 saturated carbocycles. The number of sulfonamides is 1. The first-order valence-electron chi connectivity index (χ1n) is 7.67. The fraction of sp³-hybridized carbons (Fsp3) is 0.533. The van der Waals surface area contributed by atoms with Gasteiger partial charge < -0.3 is 10.2 Å². The van der Waals surface area contributed by atoms with Crippen molar-refractivity contribution in [2.75, 3.05) is 31.1 Å². The second-order valence-electron chi connectivity index (χ2n) is 5.72. The number of nitrogens with zero attached hydrogens (tertiary/aromatic N) is 1. The van der Waals surface area contributed by atoms with Gasteiger partial charge in [0, 0.05) is 25.3 Å². The minimum atomic E-state index is -3.50. The molecule has 0 radical (unpaired) electrons. The Kier molecular flexibility index (Phi) is 5.67. The zero-order valence-corrected chi connectivity index (χ0v) is 14.7. The lowest BCUT2D eigenvalue weighted by atomic mass is 10.1. The predicted molar refractivity (Wildman–Crippen MR) is 91.6 cm³/mol. The van der Waals surface area contributed by atoms with Crippen molar-refractivity contribution in [1.82, 2.24) is 10.0 Å².